The van der Waals surface area contributed by atoms with Crippen molar-refractivity contribution in [2.75, 3.05) is 43.2 Å². The van der Waals surface area contributed by atoms with Gasteiger partial charge in [-0.3, -0.25) is 10.0 Å². The van der Waals surface area contributed by atoms with Crippen LogP contribution >= 0.6 is 11.3 Å². The van der Waals surface area contributed by atoms with Crippen LogP contribution in [-0.2, 0) is 11.3 Å². The van der Waals surface area contributed by atoms with Crippen molar-refractivity contribution in [2.24, 2.45) is 0 Å². The number of carbonyl (C=O) groups is 1. The lowest BCUT2D eigenvalue weighted by atomic mass is 10.2. The Labute approximate surface area is 204 Å². The predicted octanol–water partition coefficient (Wildman–Crippen LogP) is 2.88. The molecule has 0 bridgehead atoms. The number of hydroxylamine groups is 1. The van der Waals surface area contributed by atoms with Gasteiger partial charge in [0.1, 0.15) is 5.82 Å². The zero-order valence-electron chi connectivity index (χ0n) is 18.8. The van der Waals surface area contributed by atoms with Crippen LogP contribution in [0, 0.1) is 5.82 Å². The fourth-order valence-electron chi connectivity index (χ4n) is 3.76. The van der Waals surface area contributed by atoms with E-state index in [1.165, 1.54) is 24.5 Å². The number of hydrogen-bond acceptors (Lipinski definition) is 10. The highest BCUT2D eigenvalue weighted by molar-refractivity contribution is 7.19. The first-order valence-corrected chi connectivity index (χ1v) is 11.7. The van der Waals surface area contributed by atoms with E-state index in [-0.39, 0.29) is 11.4 Å². The van der Waals surface area contributed by atoms with Crippen LogP contribution in [0.4, 0.5) is 16.2 Å². The second kappa shape index (κ2) is 9.86. The number of halogens is 1. The normalized spacial score (nSPS) is 13.7. The molecule has 0 radical (unpaired) electrons. The molecule has 12 heteroatoms. The van der Waals surface area contributed by atoms with Crippen molar-refractivity contribution in [2.45, 2.75) is 6.54 Å². The van der Waals surface area contributed by atoms with E-state index in [2.05, 4.69) is 14.9 Å². The maximum Gasteiger partial charge on any atom is 0.277 e. The summed E-state index contributed by atoms with van der Waals surface area (Å²) in [6.07, 6.45) is 2.71. The summed E-state index contributed by atoms with van der Waals surface area (Å²) in [7, 11) is 1.85. The number of benzene rings is 1. The quantitative estimate of drug-likeness (QED) is 0.308. The van der Waals surface area contributed by atoms with Gasteiger partial charge < -0.3 is 14.5 Å². The number of aromatic nitrogens is 4. The van der Waals surface area contributed by atoms with Crippen molar-refractivity contribution in [3.8, 4) is 11.4 Å². The highest BCUT2D eigenvalue weighted by atomic mass is 32.1. The summed E-state index contributed by atoms with van der Waals surface area (Å²) in [5.74, 6) is 0.833. The molecule has 0 saturated carbocycles. The van der Waals surface area contributed by atoms with E-state index in [0.717, 1.165) is 39.6 Å². The molecule has 1 aliphatic heterocycles. The molecule has 5 rings (SSSR count). The van der Waals surface area contributed by atoms with E-state index < -0.39 is 5.91 Å². The zero-order chi connectivity index (χ0) is 24.4. The van der Waals surface area contributed by atoms with Crippen LogP contribution in [0.2, 0.25) is 0 Å². The summed E-state index contributed by atoms with van der Waals surface area (Å²) in [5, 5.41) is 8.75. The molecule has 1 aliphatic rings. The van der Waals surface area contributed by atoms with Gasteiger partial charge in [-0.05, 0) is 30.3 Å². The van der Waals surface area contributed by atoms with E-state index in [0.29, 0.717) is 31.5 Å². The molecule has 4 aromatic rings. The predicted molar refractivity (Wildman–Crippen MR) is 129 cm³/mol. The largest absolute Gasteiger partial charge is 0.378 e. The first-order valence-electron chi connectivity index (χ1n) is 10.9. The molecule has 180 valence electrons. The molecule has 1 aromatic carbocycles. The van der Waals surface area contributed by atoms with Crippen LogP contribution in [0.25, 0.3) is 21.6 Å². The topological polar surface area (TPSA) is 117 Å². The molecule has 4 heterocycles. The van der Waals surface area contributed by atoms with Gasteiger partial charge in [0.2, 0.25) is 5.95 Å². The maximum atomic E-state index is 13.5. The monoisotopic (exact) mass is 495 g/mol. The van der Waals surface area contributed by atoms with Crippen LogP contribution < -0.4 is 15.3 Å². The zero-order valence-corrected chi connectivity index (χ0v) is 19.6. The molecule has 1 amide bonds. The van der Waals surface area contributed by atoms with Gasteiger partial charge in [-0.1, -0.05) is 0 Å². The summed E-state index contributed by atoms with van der Waals surface area (Å²) in [6.45, 7) is 3.22. The second-order valence-electron chi connectivity index (χ2n) is 7.97. The number of fused-ring (bicyclic) bond motifs is 1. The van der Waals surface area contributed by atoms with Crippen LogP contribution in [0.15, 0.2) is 42.7 Å². The van der Waals surface area contributed by atoms with Gasteiger partial charge in [-0.15, -0.1) is 11.3 Å². The second-order valence-corrected chi connectivity index (χ2v) is 9.11. The lowest BCUT2D eigenvalue weighted by molar-refractivity contribution is 0.0705. The van der Waals surface area contributed by atoms with Crippen molar-refractivity contribution >= 4 is 39.2 Å². The minimum atomic E-state index is -0.671. The smallest absolute Gasteiger partial charge is 0.277 e. The average molecular weight is 496 g/mol. The first kappa shape index (κ1) is 23.0. The number of carbonyl (C=O) groups excluding carboxylic acids is 1. The Hall–Kier alpha value is -3.74. The minimum absolute atomic E-state index is 0.158. The van der Waals surface area contributed by atoms with Gasteiger partial charge in [0, 0.05) is 43.0 Å². The summed E-state index contributed by atoms with van der Waals surface area (Å²) in [5.41, 5.74) is 3.27. The highest BCUT2D eigenvalue weighted by Crippen LogP contribution is 2.35. The number of nitrogens with one attached hydrogen (secondary N) is 1. The Balaban J connectivity index is 1.47. The third-order valence-corrected chi connectivity index (χ3v) is 6.66. The van der Waals surface area contributed by atoms with E-state index in [1.807, 2.05) is 18.0 Å². The van der Waals surface area contributed by atoms with E-state index in [9.17, 15) is 9.18 Å². The molecule has 35 heavy (non-hydrogen) atoms. The molecule has 1 saturated heterocycles. The van der Waals surface area contributed by atoms with Gasteiger partial charge in [-0.25, -0.2) is 29.8 Å². The summed E-state index contributed by atoms with van der Waals surface area (Å²) in [6, 6.07) is 8.18. The number of rotatable bonds is 6. The molecule has 1 fully saturated rings. The Bertz CT molecular complexity index is 1340. The number of anilines is 2. The molecule has 0 atom stereocenters. The number of hydrogen-bond donors (Lipinski definition) is 2. The SMILES string of the molecule is CN(Cc1cc2nc(-c3ccc(F)cc3)nc(N3CCOCC3)c2s1)c1ncc(C(=O)NO)cn1. The van der Waals surface area contributed by atoms with Crippen LogP contribution in [0.1, 0.15) is 15.2 Å². The Morgan fingerprint density at radius 2 is 1.91 bits per heavy atom. The molecule has 0 spiro atoms. The highest BCUT2D eigenvalue weighted by Gasteiger charge is 2.21. The summed E-state index contributed by atoms with van der Waals surface area (Å²) >= 11 is 1.60. The van der Waals surface area contributed by atoms with Crippen LogP contribution in [-0.4, -0.2) is 64.4 Å². The number of nitrogens with zero attached hydrogens (tertiary/aromatic N) is 6. The molecule has 0 aliphatic carbocycles. The van der Waals surface area contributed by atoms with Gasteiger partial charge in [-0.2, -0.15) is 0 Å². The summed E-state index contributed by atoms with van der Waals surface area (Å²) < 4.78 is 19.9. The Morgan fingerprint density at radius 3 is 2.60 bits per heavy atom. The average Bonchev–Trinajstić information content (AvgIpc) is 3.31. The molecular formula is C23H22FN7O3S. The van der Waals surface area contributed by atoms with E-state index in [4.69, 9.17) is 19.9 Å². The van der Waals surface area contributed by atoms with Crippen LogP contribution in [0.3, 0.4) is 0 Å². The maximum absolute atomic E-state index is 13.5. The van der Waals surface area contributed by atoms with Gasteiger partial charge in [0.05, 0.1) is 35.5 Å². The molecule has 2 N–H and O–H groups in total. The number of amides is 1. The third kappa shape index (κ3) is 4.90. The van der Waals surface area contributed by atoms with E-state index in [1.54, 1.807) is 28.9 Å². The van der Waals surface area contributed by atoms with Crippen molar-refractivity contribution < 1.29 is 19.1 Å². The Morgan fingerprint density at radius 1 is 1.20 bits per heavy atom. The number of ether oxygens (including phenoxy) is 1. The number of morpholine rings is 1. The molecule has 10 nitrogen and oxygen atoms in total. The van der Waals surface area contributed by atoms with Crippen molar-refractivity contribution in [1.29, 1.82) is 0 Å². The third-order valence-electron chi connectivity index (χ3n) is 5.55. The van der Waals surface area contributed by atoms with Crippen molar-refractivity contribution in [3.05, 3.63) is 59.0 Å². The van der Waals surface area contributed by atoms with Gasteiger partial charge >= 0.3 is 0 Å². The van der Waals surface area contributed by atoms with Crippen molar-refractivity contribution in [1.82, 2.24) is 25.4 Å². The molecule has 3 aromatic heterocycles. The fourth-order valence-corrected chi connectivity index (χ4v) is 4.93. The summed E-state index contributed by atoms with van der Waals surface area (Å²) in [4.78, 5) is 34.6. The number of thiophene rings is 1. The lowest BCUT2D eigenvalue weighted by Gasteiger charge is -2.28. The fraction of sp³-hybridized carbons (Fsp3) is 0.261. The first-order chi connectivity index (χ1) is 17.0. The van der Waals surface area contributed by atoms with Crippen LogP contribution in [0.5, 0.6) is 0 Å². The van der Waals surface area contributed by atoms with Gasteiger partial charge in [0.25, 0.3) is 5.91 Å². The van der Waals surface area contributed by atoms with E-state index >= 15 is 0 Å². The molecule has 0 unspecified atom stereocenters. The van der Waals surface area contributed by atoms with Crippen molar-refractivity contribution in [3.63, 3.8) is 0 Å². The standard InChI is InChI=1S/C23H22FN7O3S/c1-30(23-25-11-15(12-26-23)22(32)29-33)13-17-10-18-19(35-17)21(31-6-8-34-9-7-31)28-20(27-18)14-2-4-16(24)5-3-14/h2-5,10-12,33H,6-9,13H2,1H3,(H,29,32). The Kier molecular flexibility index (Phi) is 6.49. The van der Waals surface area contributed by atoms with Gasteiger partial charge in [0.15, 0.2) is 11.6 Å². The molecular weight excluding hydrogens is 473 g/mol. The lowest BCUT2D eigenvalue weighted by Crippen LogP contribution is -2.36. The minimum Gasteiger partial charge on any atom is -0.378 e.